The highest BCUT2D eigenvalue weighted by atomic mass is 127. The Bertz CT molecular complexity index is 381. The van der Waals surface area contributed by atoms with Gasteiger partial charge in [-0.1, -0.05) is 19.1 Å². The standard InChI is InChI=1S/C14H19F3INO/c1-2-19-13(7-8-20-10-14(15,16)17)9-11-3-5-12(18)6-4-11/h3-6,13,19H,2,7-10H2,1H3. The van der Waals surface area contributed by atoms with Gasteiger partial charge in [-0.3, -0.25) is 0 Å². The molecule has 114 valence electrons. The summed E-state index contributed by atoms with van der Waals surface area (Å²) < 4.78 is 41.7. The smallest absolute Gasteiger partial charge is 0.372 e. The summed E-state index contributed by atoms with van der Waals surface area (Å²) in [5.41, 5.74) is 1.17. The van der Waals surface area contributed by atoms with Gasteiger partial charge in [0, 0.05) is 16.2 Å². The predicted octanol–water partition coefficient (Wildman–Crippen LogP) is 3.78. The van der Waals surface area contributed by atoms with Crippen LogP contribution < -0.4 is 5.32 Å². The van der Waals surface area contributed by atoms with Gasteiger partial charge in [0.2, 0.25) is 0 Å². The SMILES string of the molecule is CCNC(CCOCC(F)(F)F)Cc1ccc(I)cc1. The van der Waals surface area contributed by atoms with Crippen molar-refractivity contribution < 1.29 is 17.9 Å². The lowest BCUT2D eigenvalue weighted by Gasteiger charge is -2.18. The van der Waals surface area contributed by atoms with Crippen molar-refractivity contribution in [1.82, 2.24) is 5.32 Å². The molecule has 0 fully saturated rings. The third-order valence-corrected chi connectivity index (χ3v) is 3.48. The number of hydrogen-bond donors (Lipinski definition) is 1. The Hall–Kier alpha value is -0.340. The lowest BCUT2D eigenvalue weighted by Crippen LogP contribution is -2.32. The van der Waals surface area contributed by atoms with E-state index in [9.17, 15) is 13.2 Å². The molecular weight excluding hydrogens is 382 g/mol. The van der Waals surface area contributed by atoms with Gasteiger partial charge in [0.15, 0.2) is 0 Å². The van der Waals surface area contributed by atoms with Crippen LogP contribution in [0.2, 0.25) is 0 Å². The molecule has 6 heteroatoms. The highest BCUT2D eigenvalue weighted by Gasteiger charge is 2.27. The van der Waals surface area contributed by atoms with Gasteiger partial charge in [0.05, 0.1) is 0 Å². The van der Waals surface area contributed by atoms with Gasteiger partial charge in [0.1, 0.15) is 6.61 Å². The van der Waals surface area contributed by atoms with Crippen LogP contribution in [-0.2, 0) is 11.2 Å². The maximum Gasteiger partial charge on any atom is 0.411 e. The molecule has 1 aromatic rings. The zero-order valence-electron chi connectivity index (χ0n) is 11.3. The molecule has 0 amide bonds. The number of alkyl halides is 3. The molecule has 1 aromatic carbocycles. The molecule has 0 bridgehead atoms. The fourth-order valence-electron chi connectivity index (χ4n) is 1.88. The Morgan fingerprint density at radius 2 is 1.90 bits per heavy atom. The number of hydrogen-bond acceptors (Lipinski definition) is 2. The van der Waals surface area contributed by atoms with Gasteiger partial charge < -0.3 is 10.1 Å². The minimum absolute atomic E-state index is 0.113. The first-order valence-corrected chi connectivity index (χ1v) is 7.61. The third-order valence-electron chi connectivity index (χ3n) is 2.76. The Morgan fingerprint density at radius 3 is 2.45 bits per heavy atom. The van der Waals surface area contributed by atoms with Crippen molar-refractivity contribution in [3.63, 3.8) is 0 Å². The predicted molar refractivity (Wildman–Crippen MR) is 81.8 cm³/mol. The van der Waals surface area contributed by atoms with Gasteiger partial charge >= 0.3 is 6.18 Å². The van der Waals surface area contributed by atoms with Gasteiger partial charge in [-0.05, 0) is 59.7 Å². The first kappa shape index (κ1) is 17.7. The van der Waals surface area contributed by atoms with Gasteiger partial charge in [-0.15, -0.1) is 0 Å². The molecule has 0 saturated carbocycles. The third kappa shape index (κ3) is 8.06. The quantitative estimate of drug-likeness (QED) is 0.529. The maximum absolute atomic E-state index is 12.0. The minimum Gasteiger partial charge on any atom is -0.372 e. The molecule has 0 radical (unpaired) electrons. The summed E-state index contributed by atoms with van der Waals surface area (Å²) in [5, 5.41) is 3.28. The molecule has 0 aromatic heterocycles. The second-order valence-electron chi connectivity index (χ2n) is 4.54. The Balaban J connectivity index is 2.38. The van der Waals surface area contributed by atoms with Crippen LogP contribution in [0.3, 0.4) is 0 Å². The van der Waals surface area contributed by atoms with Crippen molar-refractivity contribution >= 4 is 22.6 Å². The van der Waals surface area contributed by atoms with Crippen molar-refractivity contribution in [2.24, 2.45) is 0 Å². The number of ether oxygens (including phenoxy) is 1. The summed E-state index contributed by atoms with van der Waals surface area (Å²) in [6.45, 7) is 1.71. The summed E-state index contributed by atoms with van der Waals surface area (Å²) in [6.07, 6.45) is -2.89. The molecule has 20 heavy (non-hydrogen) atoms. The van der Waals surface area contributed by atoms with E-state index in [1.165, 1.54) is 9.13 Å². The van der Waals surface area contributed by atoms with E-state index in [1.807, 2.05) is 31.2 Å². The summed E-state index contributed by atoms with van der Waals surface area (Å²) in [6, 6.07) is 8.28. The van der Waals surface area contributed by atoms with Crippen molar-refractivity contribution in [2.45, 2.75) is 32.0 Å². The molecule has 0 saturated heterocycles. The van der Waals surface area contributed by atoms with Crippen LogP contribution in [0.5, 0.6) is 0 Å². The molecule has 0 aliphatic carbocycles. The van der Waals surface area contributed by atoms with E-state index in [4.69, 9.17) is 0 Å². The van der Waals surface area contributed by atoms with Crippen LogP contribution in [-0.4, -0.2) is 32.0 Å². The maximum atomic E-state index is 12.0. The zero-order chi connectivity index (χ0) is 15.0. The van der Waals surface area contributed by atoms with Crippen LogP contribution in [0.1, 0.15) is 18.9 Å². The number of halogens is 4. The molecule has 1 N–H and O–H groups in total. The first-order valence-electron chi connectivity index (χ1n) is 6.53. The normalized spacial score (nSPS) is 13.4. The molecule has 0 spiro atoms. The van der Waals surface area contributed by atoms with Crippen LogP contribution in [0, 0.1) is 3.57 Å². The second kappa shape index (κ2) is 8.84. The molecule has 0 aliphatic heterocycles. The average Bonchev–Trinajstić information content (AvgIpc) is 2.36. The minimum atomic E-state index is -4.25. The Labute approximate surface area is 131 Å². The van der Waals surface area contributed by atoms with Gasteiger partial charge in [-0.25, -0.2) is 0 Å². The van der Waals surface area contributed by atoms with E-state index in [0.717, 1.165) is 13.0 Å². The monoisotopic (exact) mass is 401 g/mol. The van der Waals surface area contributed by atoms with E-state index in [-0.39, 0.29) is 12.6 Å². The molecule has 2 nitrogen and oxygen atoms in total. The average molecular weight is 401 g/mol. The fraction of sp³-hybridized carbons (Fsp3) is 0.571. The van der Waals surface area contributed by atoms with Crippen LogP contribution in [0.4, 0.5) is 13.2 Å². The molecule has 1 rings (SSSR count). The van der Waals surface area contributed by atoms with Crippen molar-refractivity contribution in [3.05, 3.63) is 33.4 Å². The lowest BCUT2D eigenvalue weighted by atomic mass is 10.0. The second-order valence-corrected chi connectivity index (χ2v) is 5.79. The van der Waals surface area contributed by atoms with Crippen molar-refractivity contribution in [1.29, 1.82) is 0 Å². The molecular formula is C14H19F3INO. The molecule has 0 heterocycles. The van der Waals surface area contributed by atoms with Crippen LogP contribution in [0.25, 0.3) is 0 Å². The van der Waals surface area contributed by atoms with E-state index >= 15 is 0 Å². The summed E-state index contributed by atoms with van der Waals surface area (Å²) in [7, 11) is 0. The van der Waals surface area contributed by atoms with Crippen molar-refractivity contribution in [2.75, 3.05) is 19.8 Å². The number of benzene rings is 1. The van der Waals surface area contributed by atoms with E-state index in [2.05, 4.69) is 32.6 Å². The molecule has 1 unspecified atom stereocenters. The lowest BCUT2D eigenvalue weighted by molar-refractivity contribution is -0.174. The number of nitrogens with one attached hydrogen (secondary N) is 1. The van der Waals surface area contributed by atoms with Gasteiger partial charge in [-0.2, -0.15) is 13.2 Å². The summed E-state index contributed by atoms with van der Waals surface area (Å²) in [4.78, 5) is 0. The summed E-state index contributed by atoms with van der Waals surface area (Å²) >= 11 is 2.24. The van der Waals surface area contributed by atoms with Crippen LogP contribution >= 0.6 is 22.6 Å². The molecule has 1 atom stereocenters. The van der Waals surface area contributed by atoms with E-state index < -0.39 is 12.8 Å². The van der Waals surface area contributed by atoms with E-state index in [0.29, 0.717) is 6.42 Å². The van der Waals surface area contributed by atoms with Gasteiger partial charge in [0.25, 0.3) is 0 Å². The highest BCUT2D eigenvalue weighted by molar-refractivity contribution is 14.1. The summed E-state index contributed by atoms with van der Waals surface area (Å²) in [5.74, 6) is 0. The Kier molecular flexibility index (Phi) is 7.83. The first-order chi connectivity index (χ1) is 9.40. The largest absolute Gasteiger partial charge is 0.411 e. The topological polar surface area (TPSA) is 21.3 Å². The fourth-order valence-corrected chi connectivity index (χ4v) is 2.24. The number of rotatable bonds is 8. The number of likely N-dealkylation sites (N-methyl/N-ethyl adjacent to an activating group) is 1. The Morgan fingerprint density at radius 1 is 1.25 bits per heavy atom. The van der Waals surface area contributed by atoms with Crippen molar-refractivity contribution in [3.8, 4) is 0 Å². The van der Waals surface area contributed by atoms with E-state index in [1.54, 1.807) is 0 Å². The highest BCUT2D eigenvalue weighted by Crippen LogP contribution is 2.15. The van der Waals surface area contributed by atoms with Crippen LogP contribution in [0.15, 0.2) is 24.3 Å². The zero-order valence-corrected chi connectivity index (χ0v) is 13.5. The molecule has 0 aliphatic rings.